The van der Waals surface area contributed by atoms with E-state index < -0.39 is 49.5 Å². The minimum absolute atomic E-state index is 0.199. The maximum Gasteiger partial charge on any atom is 0.220 e. The molecule has 1 aliphatic heterocycles. The van der Waals surface area contributed by atoms with Crippen LogP contribution in [0.2, 0.25) is 0 Å². The maximum atomic E-state index is 13.0. The molecule has 1 heterocycles. The topological polar surface area (TPSA) is 149 Å². The minimum atomic E-state index is -1.58. The fourth-order valence-corrected chi connectivity index (χ4v) is 9.01. The lowest BCUT2D eigenvalue weighted by Crippen LogP contribution is -2.60. The number of nitrogens with one attached hydrogen (secondary N) is 1. The van der Waals surface area contributed by atoms with Gasteiger partial charge in [-0.1, -0.05) is 236 Å². The van der Waals surface area contributed by atoms with Crippen LogP contribution in [0.3, 0.4) is 0 Å². The van der Waals surface area contributed by atoms with Gasteiger partial charge in [-0.25, -0.2) is 0 Å². The molecule has 1 saturated heterocycles. The third kappa shape index (κ3) is 37.9. The molecule has 1 amide bonds. The molecule has 0 saturated carbocycles. The summed E-state index contributed by atoms with van der Waals surface area (Å²) in [5.74, 6) is -0.199. The van der Waals surface area contributed by atoms with Crippen LogP contribution in [0.25, 0.3) is 0 Å². The average molecular weight is 961 g/mol. The van der Waals surface area contributed by atoms with E-state index in [1.165, 1.54) is 180 Å². The number of amides is 1. The lowest BCUT2D eigenvalue weighted by Gasteiger charge is -2.40. The molecule has 0 radical (unpaired) electrons. The summed E-state index contributed by atoms with van der Waals surface area (Å²) in [5, 5.41) is 54.4. The summed E-state index contributed by atoms with van der Waals surface area (Å²) in [5.41, 5.74) is 0. The Bertz CT molecular complexity index is 1210. The molecule has 0 bridgehead atoms. The van der Waals surface area contributed by atoms with E-state index in [1.54, 1.807) is 6.08 Å². The summed E-state index contributed by atoms with van der Waals surface area (Å²) in [4.78, 5) is 13.0. The van der Waals surface area contributed by atoms with Gasteiger partial charge in [0.1, 0.15) is 24.4 Å². The lowest BCUT2D eigenvalue weighted by molar-refractivity contribution is -0.302. The van der Waals surface area contributed by atoms with Crippen LogP contribution in [-0.4, -0.2) is 87.5 Å². The van der Waals surface area contributed by atoms with Gasteiger partial charge in [0.15, 0.2) is 6.29 Å². The van der Waals surface area contributed by atoms with E-state index in [4.69, 9.17) is 9.47 Å². The van der Waals surface area contributed by atoms with E-state index in [0.29, 0.717) is 6.42 Å². The number of carbonyl (C=O) groups is 1. The van der Waals surface area contributed by atoms with Gasteiger partial charge >= 0.3 is 0 Å². The van der Waals surface area contributed by atoms with Crippen molar-refractivity contribution in [3.8, 4) is 0 Å². The van der Waals surface area contributed by atoms with Crippen molar-refractivity contribution in [3.05, 3.63) is 48.6 Å². The molecule has 0 aromatic rings. The van der Waals surface area contributed by atoms with Gasteiger partial charge < -0.3 is 40.3 Å². The highest BCUT2D eigenvalue weighted by molar-refractivity contribution is 5.76. The molecule has 6 N–H and O–H groups in total. The molecule has 0 aliphatic carbocycles. The van der Waals surface area contributed by atoms with Crippen molar-refractivity contribution in [2.75, 3.05) is 13.2 Å². The van der Waals surface area contributed by atoms with Crippen molar-refractivity contribution in [2.45, 2.75) is 307 Å². The summed E-state index contributed by atoms with van der Waals surface area (Å²) in [6, 6.07) is -0.833. The highest BCUT2D eigenvalue weighted by Gasteiger charge is 2.44. The zero-order valence-electron chi connectivity index (χ0n) is 44.1. The van der Waals surface area contributed by atoms with Crippen LogP contribution in [0.4, 0.5) is 0 Å². The molecule has 0 aromatic carbocycles. The molecule has 1 aliphatic rings. The second kappa shape index (κ2) is 48.8. The summed E-state index contributed by atoms with van der Waals surface area (Å²) >= 11 is 0. The minimum Gasteiger partial charge on any atom is -0.394 e. The average Bonchev–Trinajstić information content (AvgIpc) is 3.34. The fraction of sp³-hybridized carbons (Fsp3) is 0.847. The van der Waals surface area contributed by atoms with E-state index in [0.717, 1.165) is 64.2 Å². The van der Waals surface area contributed by atoms with Crippen LogP contribution < -0.4 is 5.32 Å². The second-order valence-electron chi connectivity index (χ2n) is 20.1. The summed E-state index contributed by atoms with van der Waals surface area (Å²) in [6.07, 6.45) is 57.7. The molecule has 398 valence electrons. The van der Waals surface area contributed by atoms with E-state index >= 15 is 0 Å². The zero-order valence-corrected chi connectivity index (χ0v) is 44.1. The third-order valence-electron chi connectivity index (χ3n) is 13.6. The zero-order chi connectivity index (χ0) is 49.4. The van der Waals surface area contributed by atoms with E-state index in [-0.39, 0.29) is 12.5 Å². The van der Waals surface area contributed by atoms with Crippen molar-refractivity contribution >= 4 is 5.91 Å². The van der Waals surface area contributed by atoms with Crippen LogP contribution in [0, 0.1) is 0 Å². The van der Waals surface area contributed by atoms with Crippen molar-refractivity contribution in [1.82, 2.24) is 5.32 Å². The summed E-state index contributed by atoms with van der Waals surface area (Å²) < 4.78 is 11.2. The Balaban J connectivity index is 2.21. The smallest absolute Gasteiger partial charge is 0.220 e. The first-order chi connectivity index (χ1) is 33.3. The predicted molar refractivity (Wildman–Crippen MR) is 286 cm³/mol. The molecule has 9 nitrogen and oxygen atoms in total. The van der Waals surface area contributed by atoms with Gasteiger partial charge in [0.25, 0.3) is 0 Å². The van der Waals surface area contributed by atoms with Gasteiger partial charge in [0.05, 0.1) is 25.4 Å². The highest BCUT2D eigenvalue weighted by atomic mass is 16.7. The Hall–Kier alpha value is -1.85. The molecule has 0 aromatic heterocycles. The van der Waals surface area contributed by atoms with Crippen LogP contribution in [0.5, 0.6) is 0 Å². The van der Waals surface area contributed by atoms with E-state index in [9.17, 15) is 30.3 Å². The number of ether oxygens (including phenoxy) is 2. The van der Waals surface area contributed by atoms with Crippen molar-refractivity contribution in [3.63, 3.8) is 0 Å². The molecular formula is C59H109NO8. The maximum absolute atomic E-state index is 13.0. The number of allylic oxidation sites excluding steroid dienone is 7. The molecule has 1 rings (SSSR count). The van der Waals surface area contributed by atoms with Gasteiger partial charge in [-0.2, -0.15) is 0 Å². The highest BCUT2D eigenvalue weighted by Crippen LogP contribution is 2.23. The number of hydrogen-bond donors (Lipinski definition) is 6. The Morgan fingerprint density at radius 2 is 0.838 bits per heavy atom. The summed E-state index contributed by atoms with van der Waals surface area (Å²) in [6.45, 7) is 3.75. The van der Waals surface area contributed by atoms with E-state index in [2.05, 4.69) is 55.6 Å². The van der Waals surface area contributed by atoms with Crippen molar-refractivity contribution in [2.24, 2.45) is 0 Å². The quantitative estimate of drug-likeness (QED) is 0.0261. The van der Waals surface area contributed by atoms with Gasteiger partial charge in [-0.05, 0) is 70.6 Å². The first-order valence-electron chi connectivity index (χ1n) is 28.9. The normalized spacial score (nSPS) is 19.9. The third-order valence-corrected chi connectivity index (χ3v) is 13.6. The molecule has 7 unspecified atom stereocenters. The Labute approximate surface area is 418 Å². The second-order valence-corrected chi connectivity index (χ2v) is 20.1. The van der Waals surface area contributed by atoms with Gasteiger partial charge in [-0.15, -0.1) is 0 Å². The predicted octanol–water partition coefficient (Wildman–Crippen LogP) is 14.1. The standard InChI is InChI=1S/C59H109NO8/c1-3-5-7-9-11-13-15-17-19-20-21-22-23-24-25-26-27-28-29-30-31-32-33-34-35-36-38-40-42-44-46-48-53(62)52(51-67-59-58(66)57(65)56(64)54(50-61)68-59)60-55(63)49-47-45-43-41-39-37-18-16-14-12-10-8-6-4-2/h16,18,33-34,38,40,46,48,52-54,56-59,61-62,64-66H,3-15,17,19-32,35-37,39,41-45,47,49-51H2,1-2H3,(H,60,63)/b18-16-,34-33+,40-38+,48-46+. The first kappa shape index (κ1) is 64.2. The Kier molecular flexibility index (Phi) is 46.0. The number of carbonyl (C=O) groups excluding carboxylic acids is 1. The van der Waals surface area contributed by atoms with Crippen LogP contribution in [-0.2, 0) is 14.3 Å². The lowest BCUT2D eigenvalue weighted by atomic mass is 9.99. The first-order valence-corrected chi connectivity index (χ1v) is 28.9. The molecule has 68 heavy (non-hydrogen) atoms. The van der Waals surface area contributed by atoms with Crippen LogP contribution in [0.15, 0.2) is 48.6 Å². The molecule has 9 heteroatoms. The Morgan fingerprint density at radius 1 is 0.485 bits per heavy atom. The molecule has 7 atom stereocenters. The molecular weight excluding hydrogens is 851 g/mol. The van der Waals surface area contributed by atoms with Gasteiger partial charge in [-0.3, -0.25) is 4.79 Å². The SMILES string of the molecule is CCCCCCC/C=C\CCCCCCCC(=O)NC(COC1OC(CO)C(O)C(O)C1O)C(O)/C=C/CC/C=C/CC/C=C/CCCCCCCCCCCCCCCCCCCCCCC. The molecule has 0 spiro atoms. The van der Waals surface area contributed by atoms with E-state index in [1.807, 2.05) is 6.08 Å². The van der Waals surface area contributed by atoms with Crippen LogP contribution >= 0.6 is 0 Å². The number of hydrogen-bond acceptors (Lipinski definition) is 8. The van der Waals surface area contributed by atoms with Gasteiger partial charge in [0, 0.05) is 6.42 Å². The number of unbranched alkanes of at least 4 members (excludes halogenated alkanes) is 33. The number of rotatable bonds is 49. The largest absolute Gasteiger partial charge is 0.394 e. The van der Waals surface area contributed by atoms with Gasteiger partial charge in [0.2, 0.25) is 5.91 Å². The molecule has 1 fully saturated rings. The monoisotopic (exact) mass is 960 g/mol. The van der Waals surface area contributed by atoms with Crippen molar-refractivity contribution < 1.29 is 39.8 Å². The van der Waals surface area contributed by atoms with Crippen molar-refractivity contribution in [1.29, 1.82) is 0 Å². The van der Waals surface area contributed by atoms with Crippen LogP contribution in [0.1, 0.15) is 264 Å². The number of aliphatic hydroxyl groups excluding tert-OH is 5. The number of aliphatic hydroxyl groups is 5. The summed E-state index contributed by atoms with van der Waals surface area (Å²) in [7, 11) is 0. The fourth-order valence-electron chi connectivity index (χ4n) is 9.01. The Morgan fingerprint density at radius 3 is 1.24 bits per heavy atom.